The molecule has 0 aromatic heterocycles. The van der Waals surface area contributed by atoms with E-state index >= 15 is 0 Å². The summed E-state index contributed by atoms with van der Waals surface area (Å²) in [7, 11) is 0. The normalized spacial score (nSPS) is 24.6. The molecule has 0 N–H and O–H groups in total. The summed E-state index contributed by atoms with van der Waals surface area (Å²) in [6, 6.07) is 5.88. The highest BCUT2D eigenvalue weighted by molar-refractivity contribution is 6.30. The van der Waals surface area contributed by atoms with Gasteiger partial charge in [0.15, 0.2) is 0 Å². The standard InChI is InChI=1S/C15H21ClO/c1-3-12-5-4-6-14(9-12)17-15-10-13(16)8-7-11(15)2/h7-8,10,12,14H,3-6,9H2,1-2H3. The van der Waals surface area contributed by atoms with Crippen LogP contribution >= 0.6 is 11.6 Å². The van der Waals surface area contributed by atoms with Gasteiger partial charge in [0.1, 0.15) is 5.75 Å². The van der Waals surface area contributed by atoms with Crippen molar-refractivity contribution in [1.29, 1.82) is 0 Å². The first kappa shape index (κ1) is 12.8. The maximum absolute atomic E-state index is 6.11. The third kappa shape index (κ3) is 3.38. The van der Waals surface area contributed by atoms with E-state index in [9.17, 15) is 0 Å². The molecule has 1 aromatic carbocycles. The first-order valence-corrected chi connectivity index (χ1v) is 6.99. The Morgan fingerprint density at radius 2 is 2.18 bits per heavy atom. The van der Waals surface area contributed by atoms with Crippen molar-refractivity contribution in [1.82, 2.24) is 0 Å². The number of ether oxygens (including phenoxy) is 1. The fourth-order valence-electron chi connectivity index (χ4n) is 2.60. The molecule has 2 heteroatoms. The highest BCUT2D eigenvalue weighted by Crippen LogP contribution is 2.31. The Bertz CT molecular complexity index is 375. The van der Waals surface area contributed by atoms with Crippen LogP contribution in [-0.2, 0) is 0 Å². The monoisotopic (exact) mass is 252 g/mol. The summed E-state index contributed by atoms with van der Waals surface area (Å²) < 4.78 is 6.11. The van der Waals surface area contributed by atoms with Crippen LogP contribution in [0.15, 0.2) is 18.2 Å². The molecular weight excluding hydrogens is 232 g/mol. The quantitative estimate of drug-likeness (QED) is 0.736. The lowest BCUT2D eigenvalue weighted by Gasteiger charge is -2.29. The van der Waals surface area contributed by atoms with Crippen molar-refractivity contribution < 1.29 is 4.74 Å². The second kappa shape index (κ2) is 5.77. The van der Waals surface area contributed by atoms with E-state index in [-0.39, 0.29) is 0 Å². The largest absolute Gasteiger partial charge is 0.490 e. The third-order valence-electron chi connectivity index (χ3n) is 3.76. The molecule has 2 atom stereocenters. The van der Waals surface area contributed by atoms with Gasteiger partial charge in [0, 0.05) is 5.02 Å². The van der Waals surface area contributed by atoms with Gasteiger partial charge in [-0.3, -0.25) is 0 Å². The molecule has 2 rings (SSSR count). The van der Waals surface area contributed by atoms with E-state index in [1.54, 1.807) is 0 Å². The Hall–Kier alpha value is -0.690. The number of hydrogen-bond acceptors (Lipinski definition) is 1. The first-order chi connectivity index (χ1) is 8.19. The number of hydrogen-bond donors (Lipinski definition) is 0. The summed E-state index contributed by atoms with van der Waals surface area (Å²) >= 11 is 6.01. The van der Waals surface area contributed by atoms with Crippen molar-refractivity contribution in [2.24, 2.45) is 5.92 Å². The lowest BCUT2D eigenvalue weighted by molar-refractivity contribution is 0.121. The highest BCUT2D eigenvalue weighted by atomic mass is 35.5. The zero-order valence-electron chi connectivity index (χ0n) is 10.7. The highest BCUT2D eigenvalue weighted by Gasteiger charge is 2.22. The SMILES string of the molecule is CCC1CCCC(Oc2cc(Cl)ccc2C)C1. The summed E-state index contributed by atoms with van der Waals surface area (Å²) in [4.78, 5) is 0. The van der Waals surface area contributed by atoms with Gasteiger partial charge in [-0.15, -0.1) is 0 Å². The Morgan fingerprint density at radius 1 is 1.35 bits per heavy atom. The number of benzene rings is 1. The minimum atomic E-state index is 0.380. The summed E-state index contributed by atoms with van der Waals surface area (Å²) in [5, 5.41) is 0.758. The molecule has 1 aromatic rings. The van der Waals surface area contributed by atoms with Crippen molar-refractivity contribution >= 4 is 11.6 Å². The molecule has 2 unspecified atom stereocenters. The van der Waals surface area contributed by atoms with E-state index in [1.165, 1.54) is 37.7 Å². The Morgan fingerprint density at radius 3 is 2.94 bits per heavy atom. The molecule has 0 radical (unpaired) electrons. The molecule has 1 aliphatic rings. The van der Waals surface area contributed by atoms with Gasteiger partial charge in [-0.05, 0) is 49.8 Å². The molecule has 1 fully saturated rings. The van der Waals surface area contributed by atoms with E-state index in [0.717, 1.165) is 16.7 Å². The number of aryl methyl sites for hydroxylation is 1. The van der Waals surface area contributed by atoms with Crippen LogP contribution in [0.5, 0.6) is 5.75 Å². The molecule has 0 saturated heterocycles. The average Bonchev–Trinajstić information content (AvgIpc) is 2.34. The maximum atomic E-state index is 6.11. The summed E-state index contributed by atoms with van der Waals surface area (Å²) in [5.41, 5.74) is 1.17. The average molecular weight is 253 g/mol. The smallest absolute Gasteiger partial charge is 0.124 e. The Kier molecular flexibility index (Phi) is 4.33. The van der Waals surface area contributed by atoms with Crippen molar-refractivity contribution in [3.63, 3.8) is 0 Å². The number of halogens is 1. The molecule has 1 aliphatic carbocycles. The zero-order valence-corrected chi connectivity index (χ0v) is 11.5. The van der Waals surface area contributed by atoms with Crippen LogP contribution < -0.4 is 4.74 Å². The molecule has 1 nitrogen and oxygen atoms in total. The molecule has 0 amide bonds. The van der Waals surface area contributed by atoms with Gasteiger partial charge in [0.05, 0.1) is 6.10 Å². The molecular formula is C15H21ClO. The van der Waals surface area contributed by atoms with E-state index in [4.69, 9.17) is 16.3 Å². The van der Waals surface area contributed by atoms with E-state index in [1.807, 2.05) is 18.2 Å². The van der Waals surface area contributed by atoms with Crippen molar-refractivity contribution in [3.05, 3.63) is 28.8 Å². The topological polar surface area (TPSA) is 9.23 Å². The predicted octanol–water partition coefficient (Wildman–Crippen LogP) is 5.00. The lowest BCUT2D eigenvalue weighted by Crippen LogP contribution is -2.25. The van der Waals surface area contributed by atoms with Gasteiger partial charge >= 0.3 is 0 Å². The third-order valence-corrected chi connectivity index (χ3v) is 3.99. The zero-order chi connectivity index (χ0) is 12.3. The molecule has 0 aliphatic heterocycles. The van der Waals surface area contributed by atoms with Gasteiger partial charge < -0.3 is 4.74 Å². The first-order valence-electron chi connectivity index (χ1n) is 6.62. The van der Waals surface area contributed by atoms with Gasteiger partial charge in [-0.1, -0.05) is 37.4 Å². The summed E-state index contributed by atoms with van der Waals surface area (Å²) in [6.07, 6.45) is 6.69. The maximum Gasteiger partial charge on any atom is 0.124 e. The van der Waals surface area contributed by atoms with Gasteiger partial charge in [-0.25, -0.2) is 0 Å². The van der Waals surface area contributed by atoms with Crippen molar-refractivity contribution in [2.45, 2.75) is 52.1 Å². The molecule has 1 saturated carbocycles. The lowest BCUT2D eigenvalue weighted by atomic mass is 9.85. The van der Waals surface area contributed by atoms with Crippen molar-refractivity contribution in [3.8, 4) is 5.75 Å². The van der Waals surface area contributed by atoms with Crippen LogP contribution in [0.1, 0.15) is 44.6 Å². The predicted molar refractivity (Wildman–Crippen MR) is 72.9 cm³/mol. The number of rotatable bonds is 3. The van der Waals surface area contributed by atoms with E-state index in [2.05, 4.69) is 13.8 Å². The Labute approximate surface area is 109 Å². The van der Waals surface area contributed by atoms with Crippen molar-refractivity contribution in [2.75, 3.05) is 0 Å². The Balaban J connectivity index is 2.02. The van der Waals surface area contributed by atoms with Crippen LogP contribution in [0.4, 0.5) is 0 Å². The second-order valence-electron chi connectivity index (χ2n) is 5.09. The van der Waals surface area contributed by atoms with Crippen LogP contribution in [0.2, 0.25) is 5.02 Å². The minimum absolute atomic E-state index is 0.380. The van der Waals surface area contributed by atoms with E-state index < -0.39 is 0 Å². The van der Waals surface area contributed by atoms with Crippen LogP contribution in [0, 0.1) is 12.8 Å². The molecule has 17 heavy (non-hydrogen) atoms. The molecule has 0 heterocycles. The van der Waals surface area contributed by atoms with Gasteiger partial charge in [0.2, 0.25) is 0 Å². The van der Waals surface area contributed by atoms with E-state index in [0.29, 0.717) is 6.10 Å². The summed E-state index contributed by atoms with van der Waals surface area (Å²) in [5.74, 6) is 1.80. The fraction of sp³-hybridized carbons (Fsp3) is 0.600. The van der Waals surface area contributed by atoms with Gasteiger partial charge in [0.25, 0.3) is 0 Å². The molecule has 0 spiro atoms. The van der Waals surface area contributed by atoms with Crippen LogP contribution in [-0.4, -0.2) is 6.10 Å². The second-order valence-corrected chi connectivity index (χ2v) is 5.53. The summed E-state index contributed by atoms with van der Waals surface area (Å²) in [6.45, 7) is 4.35. The fourth-order valence-corrected chi connectivity index (χ4v) is 2.76. The van der Waals surface area contributed by atoms with Crippen LogP contribution in [0.25, 0.3) is 0 Å². The molecule has 94 valence electrons. The van der Waals surface area contributed by atoms with Gasteiger partial charge in [-0.2, -0.15) is 0 Å². The minimum Gasteiger partial charge on any atom is -0.490 e. The molecule has 0 bridgehead atoms. The van der Waals surface area contributed by atoms with Crippen LogP contribution in [0.3, 0.4) is 0 Å².